The van der Waals surface area contributed by atoms with E-state index in [2.05, 4.69) is 13.2 Å². The van der Waals surface area contributed by atoms with Gasteiger partial charge in [0.25, 0.3) is 5.97 Å². The van der Waals surface area contributed by atoms with E-state index in [0.717, 1.165) is 27.7 Å². The maximum atomic E-state index is 11.6. The van der Waals surface area contributed by atoms with Crippen LogP contribution in [0.1, 0.15) is 27.7 Å². The third kappa shape index (κ3) is 5.02. The molecule has 0 aromatic rings. The Morgan fingerprint density at radius 1 is 0.846 bits per heavy atom. The summed E-state index contributed by atoms with van der Waals surface area (Å²) in [5.41, 5.74) is -0.0928. The maximum Gasteiger partial charge on any atom is 0.474 e. The molecular weight excluding hydrogens is 364 g/mol. The number of ether oxygens (including phenoxy) is 3. The lowest BCUT2D eigenvalue weighted by atomic mass is 10.1. The van der Waals surface area contributed by atoms with E-state index in [4.69, 9.17) is 23.1 Å². The van der Waals surface area contributed by atoms with Crippen LogP contribution in [-0.2, 0) is 42.2 Å². The summed E-state index contributed by atoms with van der Waals surface area (Å²) in [6.07, 6.45) is -2.11. The van der Waals surface area contributed by atoms with Crippen molar-refractivity contribution in [3.8, 4) is 0 Å². The zero-order valence-corrected chi connectivity index (χ0v) is 16.1. The van der Waals surface area contributed by atoms with Crippen molar-refractivity contribution >= 4 is 32.4 Å². The van der Waals surface area contributed by atoms with Crippen LogP contribution in [0.5, 0.6) is 0 Å². The van der Waals surface area contributed by atoms with Crippen LogP contribution in [0, 0.1) is 0 Å². The Labute approximate surface area is 152 Å². The van der Waals surface area contributed by atoms with E-state index in [1.807, 2.05) is 0 Å². The Kier molecular flexibility index (Phi) is 7.27. The lowest BCUT2D eigenvalue weighted by Crippen LogP contribution is -2.70. The highest BCUT2D eigenvalue weighted by molar-refractivity contribution is 6.75. The summed E-state index contributed by atoms with van der Waals surface area (Å²) in [4.78, 5) is 46.3. The molecule has 144 valence electrons. The second-order valence-corrected chi connectivity index (χ2v) is 8.38. The molecule has 5 atom stereocenters. The van der Waals surface area contributed by atoms with Crippen LogP contribution < -0.4 is 0 Å². The largest absolute Gasteiger partial charge is 0.489 e. The van der Waals surface area contributed by atoms with Crippen LogP contribution in [0.15, 0.2) is 24.9 Å². The van der Waals surface area contributed by atoms with Gasteiger partial charge in [-0.05, 0) is 5.70 Å². The van der Waals surface area contributed by atoms with E-state index >= 15 is 0 Å². The summed E-state index contributed by atoms with van der Waals surface area (Å²) in [7, 11) is -3.79. The van der Waals surface area contributed by atoms with Crippen LogP contribution in [0.4, 0.5) is 0 Å². The molecular formula is C16H22O9Si. The molecule has 0 radical (unpaired) electrons. The van der Waals surface area contributed by atoms with Crippen molar-refractivity contribution < 1.29 is 42.2 Å². The Balaban J connectivity index is 3.52. The highest BCUT2D eigenvalue weighted by Crippen LogP contribution is 2.34. The van der Waals surface area contributed by atoms with E-state index < -0.39 is 56.5 Å². The van der Waals surface area contributed by atoms with Gasteiger partial charge in [0.1, 0.15) is 6.10 Å². The third-order valence-electron chi connectivity index (χ3n) is 3.38. The van der Waals surface area contributed by atoms with Crippen molar-refractivity contribution in [2.45, 2.75) is 51.7 Å². The van der Waals surface area contributed by atoms with Gasteiger partial charge in [-0.25, -0.2) is 0 Å². The first kappa shape index (κ1) is 21.6. The minimum Gasteiger partial charge on any atom is -0.489 e. The molecule has 0 spiro atoms. The molecule has 1 fully saturated rings. The number of hydrogen-bond acceptors (Lipinski definition) is 9. The molecule has 0 aliphatic carbocycles. The number of rotatable bonds is 6. The Hall–Kier alpha value is -2.46. The standard InChI is InChI=1S/C16H22O9Si/c1-7-13-14(21-9(3)17)15(22-10(4)18)16(23-11(5)19)26(8-2,25-13)24-12(6)20/h7-8,13-16H,1-2H2,3-6H3. The second kappa shape index (κ2) is 8.76. The van der Waals surface area contributed by atoms with Gasteiger partial charge in [-0.2, -0.15) is 0 Å². The summed E-state index contributed by atoms with van der Waals surface area (Å²) in [5, 5.41) is 0. The first-order valence-corrected chi connectivity index (χ1v) is 9.68. The molecule has 1 aliphatic heterocycles. The van der Waals surface area contributed by atoms with Crippen LogP contribution in [0.3, 0.4) is 0 Å². The zero-order valence-electron chi connectivity index (χ0n) is 15.1. The zero-order chi connectivity index (χ0) is 20.1. The molecule has 1 rings (SSSR count). The van der Waals surface area contributed by atoms with Crippen molar-refractivity contribution in [1.29, 1.82) is 0 Å². The lowest BCUT2D eigenvalue weighted by molar-refractivity contribution is -0.195. The quantitative estimate of drug-likeness (QED) is 0.281. The molecule has 0 amide bonds. The number of carbonyl (C=O) groups excluding carboxylic acids is 4. The molecule has 0 aromatic carbocycles. The topological polar surface area (TPSA) is 114 Å². The van der Waals surface area contributed by atoms with Gasteiger partial charge in [0.15, 0.2) is 12.2 Å². The van der Waals surface area contributed by atoms with Crippen LogP contribution in [0.2, 0.25) is 0 Å². The van der Waals surface area contributed by atoms with E-state index in [1.54, 1.807) is 0 Å². The van der Waals surface area contributed by atoms with Gasteiger partial charge in [0.2, 0.25) is 5.73 Å². The normalized spacial score (nSPS) is 30.5. The van der Waals surface area contributed by atoms with E-state index in [9.17, 15) is 19.2 Å². The molecule has 10 heteroatoms. The predicted molar refractivity (Wildman–Crippen MR) is 89.4 cm³/mol. The van der Waals surface area contributed by atoms with Crippen molar-refractivity contribution in [3.05, 3.63) is 24.9 Å². The third-order valence-corrected chi connectivity index (χ3v) is 6.44. The summed E-state index contributed by atoms with van der Waals surface area (Å²) in [5.74, 6) is -2.84. The maximum absolute atomic E-state index is 11.6. The Morgan fingerprint density at radius 3 is 1.73 bits per heavy atom. The molecule has 1 saturated heterocycles. The van der Waals surface area contributed by atoms with Crippen LogP contribution >= 0.6 is 0 Å². The molecule has 0 saturated carbocycles. The fourth-order valence-electron chi connectivity index (χ4n) is 2.60. The molecule has 0 bridgehead atoms. The number of carbonyl (C=O) groups is 4. The molecule has 1 heterocycles. The summed E-state index contributed by atoms with van der Waals surface area (Å²) in [6.45, 7) is 11.8. The molecule has 0 N–H and O–H groups in total. The molecule has 9 nitrogen and oxygen atoms in total. The van der Waals surface area contributed by atoms with Gasteiger partial charge in [0, 0.05) is 27.7 Å². The Morgan fingerprint density at radius 2 is 1.35 bits per heavy atom. The van der Waals surface area contributed by atoms with Gasteiger partial charge < -0.3 is 23.1 Å². The summed E-state index contributed by atoms with van der Waals surface area (Å²) < 4.78 is 26.9. The average Bonchev–Trinajstić information content (AvgIpc) is 2.51. The smallest absolute Gasteiger partial charge is 0.474 e. The monoisotopic (exact) mass is 386 g/mol. The predicted octanol–water partition coefficient (Wildman–Crippen LogP) is 0.636. The van der Waals surface area contributed by atoms with E-state index in [-0.39, 0.29) is 0 Å². The van der Waals surface area contributed by atoms with E-state index in [0.29, 0.717) is 0 Å². The van der Waals surface area contributed by atoms with Crippen molar-refractivity contribution in [2.24, 2.45) is 0 Å². The number of hydrogen-bond donors (Lipinski definition) is 0. The summed E-state index contributed by atoms with van der Waals surface area (Å²) in [6, 6.07) is 0. The van der Waals surface area contributed by atoms with Gasteiger partial charge in [-0.3, -0.25) is 19.2 Å². The van der Waals surface area contributed by atoms with Crippen LogP contribution in [-0.4, -0.2) is 56.5 Å². The molecule has 26 heavy (non-hydrogen) atoms. The van der Waals surface area contributed by atoms with Crippen molar-refractivity contribution in [2.75, 3.05) is 0 Å². The molecule has 0 aromatic heterocycles. The number of esters is 3. The van der Waals surface area contributed by atoms with Crippen molar-refractivity contribution in [1.82, 2.24) is 0 Å². The second-order valence-electron chi connectivity index (χ2n) is 5.52. The average molecular weight is 386 g/mol. The first-order chi connectivity index (χ1) is 12.1. The fourth-order valence-corrected chi connectivity index (χ4v) is 5.47. The lowest BCUT2D eigenvalue weighted by Gasteiger charge is -2.46. The highest BCUT2D eigenvalue weighted by Gasteiger charge is 2.63. The SMILES string of the molecule is C=CC1O[Si](C=C)(OC(C)=O)C(OC(C)=O)C(OC(C)=O)C1OC(C)=O. The van der Waals surface area contributed by atoms with Gasteiger partial charge in [-0.1, -0.05) is 6.08 Å². The first-order valence-electron chi connectivity index (χ1n) is 7.71. The fraction of sp³-hybridized carbons (Fsp3) is 0.500. The Bertz CT molecular complexity index is 617. The minimum absolute atomic E-state index is 0.676. The minimum atomic E-state index is -3.79. The van der Waals surface area contributed by atoms with Crippen LogP contribution in [0.25, 0.3) is 0 Å². The van der Waals surface area contributed by atoms with E-state index in [1.165, 1.54) is 11.8 Å². The van der Waals surface area contributed by atoms with Gasteiger partial charge in [0.05, 0.1) is 0 Å². The van der Waals surface area contributed by atoms with Crippen molar-refractivity contribution in [3.63, 3.8) is 0 Å². The summed E-state index contributed by atoms with van der Waals surface area (Å²) >= 11 is 0. The van der Waals surface area contributed by atoms with Gasteiger partial charge >= 0.3 is 26.5 Å². The molecule has 1 aliphatic rings. The molecule has 5 unspecified atom stereocenters. The van der Waals surface area contributed by atoms with Gasteiger partial charge in [-0.15, -0.1) is 13.2 Å². The highest BCUT2D eigenvalue weighted by atomic mass is 28.4.